The van der Waals surface area contributed by atoms with Crippen LogP contribution in [-0.4, -0.2) is 55.1 Å². The largest absolute Gasteiger partial charge is 0.325 e. The van der Waals surface area contributed by atoms with Gasteiger partial charge in [0, 0.05) is 23.8 Å². The molecule has 2 aromatic rings. The molecule has 0 bridgehead atoms. The van der Waals surface area contributed by atoms with E-state index in [4.69, 9.17) is 11.6 Å². The Labute approximate surface area is 196 Å². The molecular formula is C22H23ClN4O5S. The lowest BCUT2D eigenvalue weighted by Crippen LogP contribution is -2.42. The second kappa shape index (κ2) is 8.77. The van der Waals surface area contributed by atoms with Crippen LogP contribution in [0.5, 0.6) is 0 Å². The Hall–Kier alpha value is -2.95. The van der Waals surface area contributed by atoms with E-state index in [1.165, 1.54) is 28.6 Å². The Bertz CT molecular complexity index is 1190. The second-order valence-corrected chi connectivity index (χ2v) is 10.5. The van der Waals surface area contributed by atoms with E-state index >= 15 is 0 Å². The van der Waals surface area contributed by atoms with Crippen molar-refractivity contribution in [2.45, 2.75) is 30.2 Å². The lowest BCUT2D eigenvalue weighted by atomic mass is 9.92. The summed E-state index contributed by atoms with van der Waals surface area (Å²) in [5, 5.41) is 5.72. The van der Waals surface area contributed by atoms with Crippen molar-refractivity contribution in [3.05, 3.63) is 59.1 Å². The molecule has 0 spiro atoms. The summed E-state index contributed by atoms with van der Waals surface area (Å²) >= 11 is 5.90. The summed E-state index contributed by atoms with van der Waals surface area (Å²) in [5.41, 5.74) is -0.413. The quantitative estimate of drug-likeness (QED) is 0.604. The highest BCUT2D eigenvalue weighted by atomic mass is 35.5. The molecule has 2 N–H and O–H groups in total. The topological polar surface area (TPSA) is 116 Å². The van der Waals surface area contributed by atoms with Crippen molar-refractivity contribution in [1.82, 2.24) is 14.5 Å². The number of hydrogen-bond acceptors (Lipinski definition) is 5. The fourth-order valence-corrected chi connectivity index (χ4v) is 5.59. The molecule has 0 aliphatic carbocycles. The average Bonchev–Trinajstić information content (AvgIpc) is 3.39. The smallest absolute Gasteiger partial charge is 0.325 e. The molecule has 2 saturated heterocycles. The summed E-state index contributed by atoms with van der Waals surface area (Å²) in [4.78, 5) is 38.9. The van der Waals surface area contributed by atoms with Gasteiger partial charge in [-0.25, -0.2) is 13.2 Å². The first-order valence-corrected chi connectivity index (χ1v) is 12.2. The molecular weight excluding hydrogens is 468 g/mol. The molecule has 1 atom stereocenters. The van der Waals surface area contributed by atoms with Gasteiger partial charge in [0.25, 0.3) is 5.91 Å². The van der Waals surface area contributed by atoms with Gasteiger partial charge in [-0.3, -0.25) is 14.5 Å². The lowest BCUT2D eigenvalue weighted by molar-refractivity contribution is -0.133. The minimum atomic E-state index is -3.55. The predicted octanol–water partition coefficient (Wildman–Crippen LogP) is 2.53. The van der Waals surface area contributed by atoms with Crippen LogP contribution in [-0.2, 0) is 25.2 Å². The van der Waals surface area contributed by atoms with Crippen LogP contribution >= 0.6 is 11.6 Å². The van der Waals surface area contributed by atoms with Gasteiger partial charge >= 0.3 is 6.03 Å². The minimum absolute atomic E-state index is 0.148. The van der Waals surface area contributed by atoms with Crippen LogP contribution in [0.4, 0.5) is 10.5 Å². The fraction of sp³-hybridized carbons (Fsp3) is 0.318. The first-order chi connectivity index (χ1) is 15.6. The van der Waals surface area contributed by atoms with Crippen molar-refractivity contribution in [2.75, 3.05) is 25.0 Å². The molecule has 2 aliphatic rings. The van der Waals surface area contributed by atoms with E-state index in [2.05, 4.69) is 10.6 Å². The molecule has 2 heterocycles. The molecule has 0 aromatic heterocycles. The summed E-state index contributed by atoms with van der Waals surface area (Å²) < 4.78 is 26.7. The first kappa shape index (κ1) is 23.2. The monoisotopic (exact) mass is 490 g/mol. The maximum absolute atomic E-state index is 13.0. The molecule has 2 aromatic carbocycles. The summed E-state index contributed by atoms with van der Waals surface area (Å²) in [5.74, 6) is -1.15. The zero-order chi connectivity index (χ0) is 23.8. The third kappa shape index (κ3) is 4.46. The number of urea groups is 1. The predicted molar refractivity (Wildman–Crippen MR) is 122 cm³/mol. The number of nitrogens with one attached hydrogen (secondary N) is 2. The zero-order valence-electron chi connectivity index (χ0n) is 17.9. The minimum Gasteiger partial charge on any atom is -0.325 e. The molecule has 0 radical (unpaired) electrons. The van der Waals surface area contributed by atoms with E-state index in [-0.39, 0.29) is 4.90 Å². The van der Waals surface area contributed by atoms with Crippen molar-refractivity contribution in [3.63, 3.8) is 0 Å². The third-order valence-corrected chi connectivity index (χ3v) is 8.00. The van der Waals surface area contributed by atoms with E-state index in [0.717, 1.165) is 17.7 Å². The van der Waals surface area contributed by atoms with Crippen LogP contribution in [0.15, 0.2) is 53.4 Å². The number of amides is 4. The molecule has 1 unspecified atom stereocenters. The standard InChI is InChI=1S/C22H23ClN4O5S/c1-22(15-4-6-16(23)7-5-15)20(29)27(21(30)25-22)14-19(28)24-17-8-10-18(11-9-17)33(31,32)26-12-2-3-13-26/h4-11H,2-3,12-14H2,1H3,(H,24,28)(H,25,30). The van der Waals surface area contributed by atoms with Gasteiger partial charge in [0.05, 0.1) is 4.90 Å². The lowest BCUT2D eigenvalue weighted by Gasteiger charge is -2.22. The van der Waals surface area contributed by atoms with E-state index in [9.17, 15) is 22.8 Å². The van der Waals surface area contributed by atoms with Gasteiger partial charge in [-0.05, 0) is 61.7 Å². The SMILES string of the molecule is CC1(c2ccc(Cl)cc2)NC(=O)N(CC(=O)Nc2ccc(S(=O)(=O)N3CCCC3)cc2)C1=O. The molecule has 4 amide bonds. The van der Waals surface area contributed by atoms with Gasteiger partial charge in [0.1, 0.15) is 12.1 Å². The van der Waals surface area contributed by atoms with Crippen LogP contribution in [0.1, 0.15) is 25.3 Å². The fourth-order valence-electron chi connectivity index (χ4n) is 3.95. The average molecular weight is 491 g/mol. The normalized spacial score (nSPS) is 21.3. The highest BCUT2D eigenvalue weighted by Gasteiger charge is 2.49. The zero-order valence-corrected chi connectivity index (χ0v) is 19.4. The molecule has 2 aliphatic heterocycles. The number of anilines is 1. The highest BCUT2D eigenvalue weighted by molar-refractivity contribution is 7.89. The molecule has 9 nitrogen and oxygen atoms in total. The summed E-state index contributed by atoms with van der Waals surface area (Å²) in [7, 11) is -3.55. The number of hydrogen-bond donors (Lipinski definition) is 2. The Morgan fingerprint density at radius 3 is 2.27 bits per heavy atom. The van der Waals surface area contributed by atoms with Crippen molar-refractivity contribution < 1.29 is 22.8 Å². The molecule has 33 heavy (non-hydrogen) atoms. The van der Waals surface area contributed by atoms with E-state index in [1.54, 1.807) is 31.2 Å². The number of carbonyl (C=O) groups is 3. The van der Waals surface area contributed by atoms with Gasteiger partial charge in [-0.2, -0.15) is 4.31 Å². The van der Waals surface area contributed by atoms with E-state index < -0.39 is 40.0 Å². The highest BCUT2D eigenvalue weighted by Crippen LogP contribution is 2.29. The molecule has 174 valence electrons. The van der Waals surface area contributed by atoms with Crippen molar-refractivity contribution in [3.8, 4) is 0 Å². The van der Waals surface area contributed by atoms with Crippen LogP contribution in [0, 0.1) is 0 Å². The summed E-state index contributed by atoms with van der Waals surface area (Å²) in [6.07, 6.45) is 1.68. The number of benzene rings is 2. The molecule has 0 saturated carbocycles. The van der Waals surface area contributed by atoms with Gasteiger partial charge in [0.2, 0.25) is 15.9 Å². The summed E-state index contributed by atoms with van der Waals surface area (Å²) in [6, 6.07) is 11.6. The van der Waals surface area contributed by atoms with E-state index in [0.29, 0.717) is 29.4 Å². The van der Waals surface area contributed by atoms with Gasteiger partial charge in [0.15, 0.2) is 0 Å². The summed E-state index contributed by atoms with van der Waals surface area (Å²) in [6.45, 7) is 2.08. The number of halogens is 1. The Balaban J connectivity index is 1.42. The Morgan fingerprint density at radius 2 is 1.67 bits per heavy atom. The third-order valence-electron chi connectivity index (χ3n) is 5.84. The van der Waals surface area contributed by atoms with Crippen LogP contribution in [0.2, 0.25) is 5.02 Å². The van der Waals surface area contributed by atoms with Crippen LogP contribution in [0.3, 0.4) is 0 Å². The number of rotatable bonds is 6. The number of imide groups is 1. The van der Waals surface area contributed by atoms with Crippen molar-refractivity contribution in [1.29, 1.82) is 0 Å². The van der Waals surface area contributed by atoms with Crippen LogP contribution in [0.25, 0.3) is 0 Å². The second-order valence-electron chi connectivity index (χ2n) is 8.14. The first-order valence-electron chi connectivity index (χ1n) is 10.4. The number of carbonyl (C=O) groups excluding carboxylic acids is 3. The molecule has 4 rings (SSSR count). The maximum Gasteiger partial charge on any atom is 0.325 e. The maximum atomic E-state index is 13.0. The molecule has 11 heteroatoms. The van der Waals surface area contributed by atoms with Crippen LogP contribution < -0.4 is 10.6 Å². The van der Waals surface area contributed by atoms with Gasteiger partial charge in [-0.15, -0.1) is 0 Å². The van der Waals surface area contributed by atoms with Gasteiger partial charge in [-0.1, -0.05) is 23.7 Å². The van der Waals surface area contributed by atoms with Crippen molar-refractivity contribution >= 4 is 45.2 Å². The number of nitrogens with zero attached hydrogens (tertiary/aromatic N) is 2. The molecule has 2 fully saturated rings. The Kier molecular flexibility index (Phi) is 6.17. The Morgan fingerprint density at radius 1 is 1.06 bits per heavy atom. The van der Waals surface area contributed by atoms with Gasteiger partial charge < -0.3 is 10.6 Å². The van der Waals surface area contributed by atoms with Crippen molar-refractivity contribution in [2.24, 2.45) is 0 Å². The number of sulfonamides is 1. The van der Waals surface area contributed by atoms with E-state index in [1.807, 2.05) is 0 Å².